The fraction of sp³-hybridized carbons (Fsp3) is 0.538. The Morgan fingerprint density at radius 1 is 1.61 bits per heavy atom. The van der Waals surface area contributed by atoms with Crippen LogP contribution in [0.3, 0.4) is 0 Å². The van der Waals surface area contributed by atoms with Crippen molar-refractivity contribution in [2.75, 3.05) is 32.1 Å². The second-order valence-corrected chi connectivity index (χ2v) is 4.78. The summed E-state index contributed by atoms with van der Waals surface area (Å²) in [6.07, 6.45) is 2.47. The molecule has 1 unspecified atom stereocenters. The van der Waals surface area contributed by atoms with Gasteiger partial charge in [-0.1, -0.05) is 0 Å². The molecule has 0 radical (unpaired) electrons. The van der Waals surface area contributed by atoms with Crippen LogP contribution in [0, 0.1) is 12.3 Å². The number of aromatic nitrogens is 1. The molecule has 5 nitrogen and oxygen atoms in total. The smallest absolute Gasteiger partial charge is 0.234 e. The minimum Gasteiger partial charge on any atom is -0.384 e. The van der Waals surface area contributed by atoms with Gasteiger partial charge in [-0.15, -0.1) is 0 Å². The van der Waals surface area contributed by atoms with E-state index in [0.717, 1.165) is 24.3 Å². The van der Waals surface area contributed by atoms with Crippen molar-refractivity contribution in [1.82, 2.24) is 10.3 Å². The minimum absolute atomic E-state index is 0.00000283. The third kappa shape index (κ3) is 2.68. The molecule has 1 aromatic rings. The lowest BCUT2D eigenvalue weighted by Gasteiger charge is -2.25. The number of amides is 1. The predicted octanol–water partition coefficient (Wildman–Crippen LogP) is 0.955. The monoisotopic (exact) mass is 249 g/mol. The van der Waals surface area contributed by atoms with Gasteiger partial charge in [0.05, 0.1) is 23.9 Å². The maximum absolute atomic E-state index is 12.4. The van der Waals surface area contributed by atoms with Crippen molar-refractivity contribution < 1.29 is 9.53 Å². The molecule has 0 saturated carbocycles. The van der Waals surface area contributed by atoms with Crippen molar-refractivity contribution in [2.45, 2.75) is 13.3 Å². The molecule has 5 heteroatoms. The van der Waals surface area contributed by atoms with E-state index in [9.17, 15) is 4.79 Å². The summed E-state index contributed by atoms with van der Waals surface area (Å²) in [5.74, 6) is 0.00000283. The van der Waals surface area contributed by atoms with Crippen molar-refractivity contribution in [3.8, 4) is 0 Å². The summed E-state index contributed by atoms with van der Waals surface area (Å²) in [5.41, 5.74) is 1.20. The lowest BCUT2D eigenvalue weighted by atomic mass is 9.87. The number of carbonyl (C=O) groups excluding carboxylic acids is 1. The van der Waals surface area contributed by atoms with Gasteiger partial charge in [-0.05, 0) is 32.0 Å². The lowest BCUT2D eigenvalue weighted by Crippen LogP contribution is -2.41. The molecule has 18 heavy (non-hydrogen) atoms. The molecular weight excluding hydrogens is 230 g/mol. The zero-order valence-corrected chi connectivity index (χ0v) is 10.8. The van der Waals surface area contributed by atoms with Gasteiger partial charge in [0.1, 0.15) is 0 Å². The van der Waals surface area contributed by atoms with E-state index in [1.165, 1.54) is 0 Å². The molecule has 1 fully saturated rings. The zero-order valence-electron chi connectivity index (χ0n) is 10.8. The normalized spacial score (nSPS) is 23.0. The number of aryl methyl sites for hydroxylation is 1. The molecule has 2 rings (SSSR count). The standard InChI is InChI=1S/C13H19N3O2/c1-10-3-4-11(7-15-10)16-12(17)13(9-18-2)5-6-14-8-13/h3-4,7,14H,5-6,8-9H2,1-2H3,(H,16,17). The van der Waals surface area contributed by atoms with E-state index in [2.05, 4.69) is 15.6 Å². The molecule has 0 aromatic carbocycles. The van der Waals surface area contributed by atoms with Gasteiger partial charge in [-0.3, -0.25) is 9.78 Å². The second kappa shape index (κ2) is 5.46. The molecule has 1 aromatic heterocycles. The Labute approximate surface area is 107 Å². The predicted molar refractivity (Wildman–Crippen MR) is 69.4 cm³/mol. The van der Waals surface area contributed by atoms with E-state index in [-0.39, 0.29) is 5.91 Å². The van der Waals surface area contributed by atoms with E-state index in [1.54, 1.807) is 13.3 Å². The Hall–Kier alpha value is -1.46. The number of methoxy groups -OCH3 is 1. The van der Waals surface area contributed by atoms with Crippen molar-refractivity contribution in [3.63, 3.8) is 0 Å². The van der Waals surface area contributed by atoms with Gasteiger partial charge in [-0.2, -0.15) is 0 Å². The minimum atomic E-state index is -0.459. The number of nitrogens with one attached hydrogen (secondary N) is 2. The fourth-order valence-electron chi connectivity index (χ4n) is 2.21. The van der Waals surface area contributed by atoms with E-state index < -0.39 is 5.41 Å². The van der Waals surface area contributed by atoms with E-state index in [0.29, 0.717) is 13.2 Å². The molecule has 98 valence electrons. The Balaban J connectivity index is 2.07. The van der Waals surface area contributed by atoms with Gasteiger partial charge in [0.2, 0.25) is 5.91 Å². The van der Waals surface area contributed by atoms with Crippen LogP contribution >= 0.6 is 0 Å². The summed E-state index contributed by atoms with van der Waals surface area (Å²) in [6, 6.07) is 3.74. The number of nitrogens with zero attached hydrogens (tertiary/aromatic N) is 1. The summed E-state index contributed by atoms with van der Waals surface area (Å²) in [4.78, 5) is 16.5. The maximum Gasteiger partial charge on any atom is 0.234 e. The van der Waals surface area contributed by atoms with Gasteiger partial charge >= 0.3 is 0 Å². The Morgan fingerprint density at radius 3 is 3.00 bits per heavy atom. The number of hydrogen-bond donors (Lipinski definition) is 2. The number of anilines is 1. The van der Waals surface area contributed by atoms with Crippen molar-refractivity contribution >= 4 is 11.6 Å². The molecule has 1 atom stereocenters. The molecule has 0 spiro atoms. The summed E-state index contributed by atoms with van der Waals surface area (Å²) < 4.78 is 5.19. The first-order chi connectivity index (χ1) is 8.66. The summed E-state index contributed by atoms with van der Waals surface area (Å²) in [5, 5.41) is 6.13. The Kier molecular flexibility index (Phi) is 3.93. The van der Waals surface area contributed by atoms with Gasteiger partial charge in [0, 0.05) is 19.3 Å². The molecular formula is C13H19N3O2. The van der Waals surface area contributed by atoms with Crippen LogP contribution in [0.5, 0.6) is 0 Å². The zero-order chi connectivity index (χ0) is 13.0. The van der Waals surface area contributed by atoms with Crippen molar-refractivity contribution in [1.29, 1.82) is 0 Å². The highest BCUT2D eigenvalue weighted by molar-refractivity contribution is 5.95. The van der Waals surface area contributed by atoms with Crippen LogP contribution in [0.1, 0.15) is 12.1 Å². The van der Waals surface area contributed by atoms with Gasteiger partial charge in [-0.25, -0.2) is 0 Å². The van der Waals surface area contributed by atoms with Crippen LogP contribution < -0.4 is 10.6 Å². The highest BCUT2D eigenvalue weighted by Crippen LogP contribution is 2.27. The van der Waals surface area contributed by atoms with Crippen molar-refractivity contribution in [2.24, 2.45) is 5.41 Å². The van der Waals surface area contributed by atoms with E-state index in [1.807, 2.05) is 19.1 Å². The Morgan fingerprint density at radius 2 is 2.44 bits per heavy atom. The van der Waals surface area contributed by atoms with E-state index in [4.69, 9.17) is 4.74 Å². The molecule has 0 bridgehead atoms. The molecule has 1 aliphatic heterocycles. The van der Waals surface area contributed by atoms with Crippen LogP contribution in [0.25, 0.3) is 0 Å². The van der Waals surface area contributed by atoms with Gasteiger partial charge in [0.15, 0.2) is 0 Å². The highest BCUT2D eigenvalue weighted by atomic mass is 16.5. The topological polar surface area (TPSA) is 63.2 Å². The molecule has 1 aliphatic rings. The van der Waals surface area contributed by atoms with Crippen molar-refractivity contribution in [3.05, 3.63) is 24.0 Å². The second-order valence-electron chi connectivity index (χ2n) is 4.78. The quantitative estimate of drug-likeness (QED) is 0.834. The number of ether oxygens (including phenoxy) is 1. The van der Waals surface area contributed by atoms with Crippen LogP contribution in [0.2, 0.25) is 0 Å². The number of rotatable bonds is 4. The lowest BCUT2D eigenvalue weighted by molar-refractivity contribution is -0.127. The first kappa shape index (κ1) is 13.0. The number of carbonyl (C=O) groups is 1. The average Bonchev–Trinajstić information content (AvgIpc) is 2.82. The summed E-state index contributed by atoms with van der Waals surface area (Å²) in [7, 11) is 1.63. The Bertz CT molecular complexity index is 411. The number of pyridine rings is 1. The van der Waals surface area contributed by atoms with Gasteiger partial charge in [0.25, 0.3) is 0 Å². The van der Waals surface area contributed by atoms with Crippen LogP contribution in [0.4, 0.5) is 5.69 Å². The summed E-state index contributed by atoms with van der Waals surface area (Å²) in [6.45, 7) is 3.86. The van der Waals surface area contributed by atoms with Crippen LogP contribution in [0.15, 0.2) is 18.3 Å². The first-order valence-corrected chi connectivity index (χ1v) is 6.10. The van der Waals surface area contributed by atoms with E-state index >= 15 is 0 Å². The van der Waals surface area contributed by atoms with Gasteiger partial charge < -0.3 is 15.4 Å². The molecule has 2 heterocycles. The maximum atomic E-state index is 12.4. The third-order valence-electron chi connectivity index (χ3n) is 3.32. The molecule has 1 saturated heterocycles. The highest BCUT2D eigenvalue weighted by Gasteiger charge is 2.41. The molecule has 2 N–H and O–H groups in total. The molecule has 0 aliphatic carbocycles. The van der Waals surface area contributed by atoms with Crippen LogP contribution in [-0.2, 0) is 9.53 Å². The largest absolute Gasteiger partial charge is 0.384 e. The van der Waals surface area contributed by atoms with Crippen LogP contribution in [-0.4, -0.2) is 37.7 Å². The fourth-order valence-corrected chi connectivity index (χ4v) is 2.21. The summed E-state index contributed by atoms with van der Waals surface area (Å²) >= 11 is 0. The third-order valence-corrected chi connectivity index (χ3v) is 3.32. The SMILES string of the molecule is COCC1(C(=O)Nc2ccc(C)nc2)CCNC1. The molecule has 1 amide bonds. The number of hydrogen-bond acceptors (Lipinski definition) is 4. The first-order valence-electron chi connectivity index (χ1n) is 6.10. The average molecular weight is 249 g/mol.